The molecule has 0 aliphatic heterocycles. The molecule has 0 radical (unpaired) electrons. The van der Waals surface area contributed by atoms with Crippen molar-refractivity contribution in [2.24, 2.45) is 0 Å². The maximum absolute atomic E-state index is 12.0. The lowest BCUT2D eigenvalue weighted by Crippen LogP contribution is -2.38. The predicted molar refractivity (Wildman–Crippen MR) is 105 cm³/mol. The van der Waals surface area contributed by atoms with Crippen LogP contribution in [0.1, 0.15) is 57.4 Å². The number of benzene rings is 1. The molecule has 2 N–H and O–H groups in total. The van der Waals surface area contributed by atoms with Crippen molar-refractivity contribution in [2.45, 2.75) is 64.3 Å². The molecule has 140 valence electrons. The van der Waals surface area contributed by atoms with Crippen molar-refractivity contribution in [3.63, 3.8) is 0 Å². The zero-order valence-electron chi connectivity index (χ0n) is 15.2. The Balaban J connectivity index is 2.25. The first kappa shape index (κ1) is 21.6. The van der Waals surface area contributed by atoms with Gasteiger partial charge < -0.3 is 10.4 Å². The summed E-state index contributed by atoms with van der Waals surface area (Å²) in [7, 11) is 0. The maximum atomic E-state index is 12.0. The number of hydrogen-bond donors (Lipinski definition) is 2. The number of amides is 1. The van der Waals surface area contributed by atoms with Gasteiger partial charge in [0, 0.05) is 18.2 Å². The highest BCUT2D eigenvalue weighted by Gasteiger charge is 2.15. The average Bonchev–Trinajstić information content (AvgIpc) is 2.59. The van der Waals surface area contributed by atoms with Gasteiger partial charge in [0.25, 0.3) is 0 Å². The van der Waals surface area contributed by atoms with Crippen LogP contribution in [0.25, 0.3) is 0 Å². The first-order valence-corrected chi connectivity index (χ1v) is 10.4. The van der Waals surface area contributed by atoms with Crippen molar-refractivity contribution in [3.05, 3.63) is 35.9 Å². The van der Waals surface area contributed by atoms with Gasteiger partial charge in [0.1, 0.15) is 0 Å². The summed E-state index contributed by atoms with van der Waals surface area (Å²) in [6, 6.07) is 9.94. The molecule has 1 aromatic rings. The minimum atomic E-state index is -0.864. The summed E-state index contributed by atoms with van der Waals surface area (Å²) in [4.78, 5) is 23.0. The van der Waals surface area contributed by atoms with E-state index in [0.717, 1.165) is 31.4 Å². The number of carboxylic acid groups (broad SMARTS) is 1. The molecule has 0 aromatic heterocycles. The lowest BCUT2D eigenvalue weighted by atomic mass is 10.1. The van der Waals surface area contributed by atoms with E-state index in [1.807, 2.05) is 18.2 Å². The molecule has 1 unspecified atom stereocenters. The van der Waals surface area contributed by atoms with E-state index in [2.05, 4.69) is 24.4 Å². The molecule has 1 atom stereocenters. The van der Waals surface area contributed by atoms with Crippen LogP contribution in [-0.2, 0) is 16.0 Å². The Kier molecular flexibility index (Phi) is 11.9. The van der Waals surface area contributed by atoms with E-state index in [9.17, 15) is 9.59 Å². The number of rotatable bonds is 14. The van der Waals surface area contributed by atoms with E-state index in [0.29, 0.717) is 12.2 Å². The standard InChI is InChI=1S/C20H31NO3S/c1-2-3-4-5-9-12-19(22)21-18(15-20(23)24)16-25-14-13-17-10-7-6-8-11-17/h6-8,10-11,18H,2-5,9,12-16H2,1H3,(H,21,22)(H,23,24). The highest BCUT2D eigenvalue weighted by atomic mass is 32.2. The van der Waals surface area contributed by atoms with Gasteiger partial charge in [-0.15, -0.1) is 0 Å². The summed E-state index contributed by atoms with van der Waals surface area (Å²) < 4.78 is 0. The molecule has 0 aliphatic carbocycles. The molecule has 0 fully saturated rings. The highest BCUT2D eigenvalue weighted by Crippen LogP contribution is 2.11. The number of unbranched alkanes of at least 4 members (excludes halogenated alkanes) is 4. The van der Waals surface area contributed by atoms with Crippen LogP contribution in [0, 0.1) is 0 Å². The fourth-order valence-electron chi connectivity index (χ4n) is 2.61. The van der Waals surface area contributed by atoms with Crippen LogP contribution in [-0.4, -0.2) is 34.5 Å². The minimum absolute atomic E-state index is 0.0140. The lowest BCUT2D eigenvalue weighted by molar-refractivity contribution is -0.137. The number of aliphatic carboxylic acids is 1. The molecule has 1 aromatic carbocycles. The van der Waals surface area contributed by atoms with Gasteiger partial charge in [-0.2, -0.15) is 11.8 Å². The first-order chi connectivity index (χ1) is 12.1. The molecule has 0 saturated heterocycles. The predicted octanol–water partition coefficient (Wildman–Crippen LogP) is 4.28. The number of hydrogen-bond acceptors (Lipinski definition) is 3. The summed E-state index contributed by atoms with van der Waals surface area (Å²) in [5.41, 5.74) is 1.28. The van der Waals surface area contributed by atoms with Crippen molar-refractivity contribution in [2.75, 3.05) is 11.5 Å². The van der Waals surface area contributed by atoms with Gasteiger partial charge in [-0.05, 0) is 24.2 Å². The molecular formula is C20H31NO3S. The Morgan fingerprint density at radius 1 is 1.12 bits per heavy atom. The second kappa shape index (κ2) is 13.8. The fourth-order valence-corrected chi connectivity index (χ4v) is 3.64. The monoisotopic (exact) mass is 365 g/mol. The summed E-state index contributed by atoms with van der Waals surface area (Å²) in [6.07, 6.45) is 6.95. The molecule has 0 heterocycles. The number of carboxylic acids is 1. The van der Waals surface area contributed by atoms with Crippen molar-refractivity contribution in [1.29, 1.82) is 0 Å². The summed E-state index contributed by atoms with van der Waals surface area (Å²) in [5, 5.41) is 11.9. The summed E-state index contributed by atoms with van der Waals surface area (Å²) >= 11 is 1.70. The summed E-state index contributed by atoms with van der Waals surface area (Å²) in [5.74, 6) is 0.677. The second-order valence-electron chi connectivity index (χ2n) is 6.34. The summed E-state index contributed by atoms with van der Waals surface area (Å²) in [6.45, 7) is 2.17. The van der Waals surface area contributed by atoms with Crippen LogP contribution in [0.3, 0.4) is 0 Å². The van der Waals surface area contributed by atoms with Crippen molar-refractivity contribution in [3.8, 4) is 0 Å². The van der Waals surface area contributed by atoms with Crippen molar-refractivity contribution < 1.29 is 14.7 Å². The van der Waals surface area contributed by atoms with Gasteiger partial charge >= 0.3 is 5.97 Å². The number of aryl methyl sites for hydroxylation is 1. The normalized spacial score (nSPS) is 11.9. The quantitative estimate of drug-likeness (QED) is 0.483. The Labute approximate surface area is 155 Å². The molecule has 0 aliphatic rings. The molecule has 1 rings (SSSR count). The number of carbonyl (C=O) groups excluding carboxylic acids is 1. The van der Waals surface area contributed by atoms with Gasteiger partial charge in [-0.1, -0.05) is 62.9 Å². The number of thioether (sulfide) groups is 1. The van der Waals surface area contributed by atoms with E-state index in [4.69, 9.17) is 5.11 Å². The van der Waals surface area contributed by atoms with Gasteiger partial charge in [-0.3, -0.25) is 9.59 Å². The van der Waals surface area contributed by atoms with Crippen molar-refractivity contribution in [1.82, 2.24) is 5.32 Å². The minimum Gasteiger partial charge on any atom is -0.481 e. The maximum Gasteiger partial charge on any atom is 0.305 e. The van der Waals surface area contributed by atoms with Crippen molar-refractivity contribution >= 4 is 23.6 Å². The number of carbonyl (C=O) groups is 2. The van der Waals surface area contributed by atoms with E-state index >= 15 is 0 Å². The third-order valence-electron chi connectivity index (χ3n) is 3.99. The molecule has 0 bridgehead atoms. The zero-order chi connectivity index (χ0) is 18.3. The third kappa shape index (κ3) is 11.6. The lowest BCUT2D eigenvalue weighted by Gasteiger charge is -2.16. The molecule has 0 spiro atoms. The molecule has 0 saturated carbocycles. The van der Waals surface area contributed by atoms with Crippen LogP contribution in [0.5, 0.6) is 0 Å². The molecule has 1 amide bonds. The topological polar surface area (TPSA) is 66.4 Å². The van der Waals surface area contributed by atoms with E-state index in [-0.39, 0.29) is 18.4 Å². The molecule has 4 nitrogen and oxygen atoms in total. The number of nitrogens with one attached hydrogen (secondary N) is 1. The Morgan fingerprint density at radius 2 is 1.84 bits per heavy atom. The van der Waals surface area contributed by atoms with Gasteiger partial charge in [0.15, 0.2) is 0 Å². The second-order valence-corrected chi connectivity index (χ2v) is 7.49. The Hall–Kier alpha value is -1.49. The average molecular weight is 366 g/mol. The van der Waals surface area contributed by atoms with E-state index in [1.165, 1.54) is 18.4 Å². The molecule has 5 heteroatoms. The van der Waals surface area contributed by atoms with Crippen LogP contribution in [0.2, 0.25) is 0 Å². The zero-order valence-corrected chi connectivity index (χ0v) is 16.0. The van der Waals surface area contributed by atoms with E-state index in [1.54, 1.807) is 11.8 Å². The van der Waals surface area contributed by atoms with Crippen LogP contribution >= 0.6 is 11.8 Å². The Bertz CT molecular complexity index is 493. The van der Waals surface area contributed by atoms with Crippen LogP contribution in [0.15, 0.2) is 30.3 Å². The molecular weight excluding hydrogens is 334 g/mol. The van der Waals surface area contributed by atoms with Gasteiger partial charge in [0.2, 0.25) is 5.91 Å². The first-order valence-electron chi connectivity index (χ1n) is 9.24. The molecule has 25 heavy (non-hydrogen) atoms. The third-order valence-corrected chi connectivity index (χ3v) is 5.12. The fraction of sp³-hybridized carbons (Fsp3) is 0.600. The van der Waals surface area contributed by atoms with E-state index < -0.39 is 5.97 Å². The smallest absolute Gasteiger partial charge is 0.305 e. The van der Waals surface area contributed by atoms with Gasteiger partial charge in [-0.25, -0.2) is 0 Å². The highest BCUT2D eigenvalue weighted by molar-refractivity contribution is 7.99. The van der Waals surface area contributed by atoms with Gasteiger partial charge in [0.05, 0.1) is 6.42 Å². The SMILES string of the molecule is CCCCCCCC(=O)NC(CSCCc1ccccc1)CC(=O)O. The largest absolute Gasteiger partial charge is 0.481 e. The van der Waals surface area contributed by atoms with Crippen LogP contribution < -0.4 is 5.32 Å². The van der Waals surface area contributed by atoms with Crippen LogP contribution in [0.4, 0.5) is 0 Å². The Morgan fingerprint density at radius 3 is 2.52 bits per heavy atom.